The maximum absolute atomic E-state index is 14.9. The fourth-order valence-corrected chi connectivity index (χ4v) is 11.1. The van der Waals surface area contributed by atoms with Gasteiger partial charge in [0.2, 0.25) is 0 Å². The summed E-state index contributed by atoms with van der Waals surface area (Å²) in [6.45, 7) is 0. The highest BCUT2D eigenvalue weighted by Gasteiger charge is 2.39. The Morgan fingerprint density at radius 2 is 0.457 bits per heavy atom. The molecule has 0 aliphatic carbocycles. The molecule has 8 aromatic carbocycles. The van der Waals surface area contributed by atoms with Gasteiger partial charge >= 0.3 is 37.1 Å². The topological polar surface area (TPSA) is 109 Å². The molecule has 0 amide bonds. The van der Waals surface area contributed by atoms with Crippen molar-refractivity contribution in [3.8, 4) is 22.3 Å². The predicted molar refractivity (Wildman–Crippen MR) is 304 cm³/mol. The Balaban J connectivity index is 1.30. The van der Waals surface area contributed by atoms with E-state index in [1.807, 2.05) is 0 Å². The molecule has 0 saturated heterocycles. The van der Waals surface area contributed by atoms with E-state index in [1.165, 1.54) is 0 Å². The fraction of sp³-hybridized carbons (Fsp3) is 0.0909. The van der Waals surface area contributed by atoms with Gasteiger partial charge in [-0.25, -0.2) is 29.9 Å². The molecular formula is C66H32F18N8. The standard InChI is InChI=1S/C66H32F18N8/c67-61(68,69)39-17-3-11-33(23-39)47-49(35-13-5-19-41(25-35)63(73,74)75)57-88-55(47)86-53-45-29-31-9-1-2-10-32(31)30-46(45)54(85-53)87-56-48(34-12-4-18-40(24-34)62(70,71)72)50(36-14-6-20-42(26-36)64(76,77)78)58(89-56)91-60-52(38-16-8-22-44(28-38)66(82,83)84)51(59(90-57)92-60)37-15-7-21-43(27-37)65(79,80)81/h1-30H,(H2,85,86,87,88,89,90,91,92). The summed E-state index contributed by atoms with van der Waals surface area (Å²) in [5.74, 6) is -2.64. The van der Waals surface area contributed by atoms with Crippen LogP contribution in [0.2, 0.25) is 0 Å². The minimum atomic E-state index is -5.15. The quantitative estimate of drug-likeness (QED) is 0.161. The number of aromatic nitrogens is 8. The van der Waals surface area contributed by atoms with E-state index in [4.69, 9.17) is 29.9 Å². The molecule has 5 heterocycles. The Morgan fingerprint density at radius 1 is 0.228 bits per heavy atom. The first-order chi connectivity index (χ1) is 43.3. The van der Waals surface area contributed by atoms with Gasteiger partial charge in [0.05, 0.1) is 33.4 Å². The normalized spacial score (nSPS) is 13.7. The summed E-state index contributed by atoms with van der Waals surface area (Å²) < 4.78 is 268. The van der Waals surface area contributed by atoms with Crippen LogP contribution < -0.4 is 0 Å². The second kappa shape index (κ2) is 21.5. The van der Waals surface area contributed by atoms with E-state index >= 15 is 0 Å². The zero-order valence-corrected chi connectivity index (χ0v) is 45.8. The molecule has 0 atom stereocenters. The van der Waals surface area contributed by atoms with Crippen molar-refractivity contribution >= 4 is 66.4 Å². The van der Waals surface area contributed by atoms with Gasteiger partial charge in [-0.3, -0.25) is 0 Å². The summed E-state index contributed by atoms with van der Waals surface area (Å²) in [4.78, 5) is 34.5. The summed E-state index contributed by atoms with van der Waals surface area (Å²) in [6, 6.07) is 29.8. The van der Waals surface area contributed by atoms with E-state index in [-0.39, 0.29) is 22.1 Å². The van der Waals surface area contributed by atoms with Gasteiger partial charge < -0.3 is 9.97 Å². The molecule has 0 spiro atoms. The van der Waals surface area contributed by atoms with Crippen LogP contribution in [0.1, 0.15) is 78.9 Å². The molecule has 0 unspecified atom stereocenters. The van der Waals surface area contributed by atoms with Crippen LogP contribution in [-0.2, 0) is 37.1 Å². The van der Waals surface area contributed by atoms with Crippen LogP contribution in [0.5, 0.6) is 0 Å². The third-order valence-electron chi connectivity index (χ3n) is 15.2. The van der Waals surface area contributed by atoms with Crippen molar-refractivity contribution < 1.29 is 79.0 Å². The minimum Gasteiger partial charge on any atom is -0.324 e. The van der Waals surface area contributed by atoms with E-state index in [1.54, 1.807) is 36.4 Å². The number of alkyl halides is 18. The molecule has 0 radical (unpaired) electrons. The van der Waals surface area contributed by atoms with Gasteiger partial charge in [-0.05, 0) is 129 Å². The van der Waals surface area contributed by atoms with Crippen molar-refractivity contribution in [3.63, 3.8) is 0 Å². The number of rotatable bonds is 6. The highest BCUT2D eigenvalue weighted by molar-refractivity contribution is 6.13. The van der Waals surface area contributed by atoms with E-state index < -0.39 is 172 Å². The Morgan fingerprint density at radius 3 is 0.717 bits per heavy atom. The summed E-state index contributed by atoms with van der Waals surface area (Å²) in [5.41, 5.74) is -15.5. The zero-order chi connectivity index (χ0) is 65.2. The number of fused-ring (bicyclic) bond motifs is 12. The first-order valence-corrected chi connectivity index (χ1v) is 27.0. The van der Waals surface area contributed by atoms with Crippen molar-refractivity contribution in [2.75, 3.05) is 0 Å². The molecule has 2 aliphatic rings. The van der Waals surface area contributed by atoms with Crippen molar-refractivity contribution in [2.45, 2.75) is 37.1 Å². The highest BCUT2D eigenvalue weighted by Crippen LogP contribution is 2.48. The van der Waals surface area contributed by atoms with Gasteiger partial charge in [0, 0.05) is 44.2 Å². The van der Waals surface area contributed by atoms with Gasteiger partial charge in [0.15, 0.2) is 23.3 Å². The number of hydrogen-bond donors (Lipinski definition) is 2. The van der Waals surface area contributed by atoms with Gasteiger partial charge in [-0.1, -0.05) is 97.1 Å². The largest absolute Gasteiger partial charge is 0.416 e. The van der Waals surface area contributed by atoms with Crippen LogP contribution in [0.25, 0.3) is 88.7 Å². The maximum Gasteiger partial charge on any atom is 0.416 e. The van der Waals surface area contributed by atoms with Crippen LogP contribution in [0.15, 0.2) is 182 Å². The molecule has 462 valence electrons. The van der Waals surface area contributed by atoms with Gasteiger partial charge in [0.25, 0.3) is 0 Å². The molecule has 13 rings (SSSR count). The monoisotopic (exact) mass is 1280 g/mol. The summed E-state index contributed by atoms with van der Waals surface area (Å²) in [5, 5.41) is 1.30. The number of nitrogens with one attached hydrogen (secondary N) is 2. The molecule has 11 aromatic rings. The molecule has 8 bridgehead atoms. The summed E-state index contributed by atoms with van der Waals surface area (Å²) in [6.07, 6.45) is -30.6. The van der Waals surface area contributed by atoms with Crippen LogP contribution in [-0.4, -0.2) is 39.9 Å². The van der Waals surface area contributed by atoms with Crippen LogP contribution >= 0.6 is 0 Å². The second-order valence-corrected chi connectivity index (χ2v) is 21.1. The lowest BCUT2D eigenvalue weighted by Crippen LogP contribution is -2.06. The van der Waals surface area contributed by atoms with E-state index in [2.05, 4.69) is 9.97 Å². The minimum absolute atomic E-state index is 0.130. The average molecular weight is 1280 g/mol. The molecule has 0 fully saturated rings. The molecule has 26 heteroatoms. The third kappa shape index (κ3) is 11.2. The first kappa shape index (κ1) is 60.3. The molecule has 0 saturated carbocycles. The number of nitrogens with zero attached hydrogens (tertiary/aromatic N) is 6. The van der Waals surface area contributed by atoms with Gasteiger partial charge in [-0.15, -0.1) is 0 Å². The maximum atomic E-state index is 14.9. The number of halogens is 18. The lowest BCUT2D eigenvalue weighted by Gasteiger charge is -2.13. The summed E-state index contributed by atoms with van der Waals surface area (Å²) >= 11 is 0. The van der Waals surface area contributed by atoms with Crippen molar-refractivity contribution in [3.05, 3.63) is 261 Å². The highest BCUT2D eigenvalue weighted by atomic mass is 19.4. The zero-order valence-electron chi connectivity index (χ0n) is 45.8. The smallest absolute Gasteiger partial charge is 0.324 e. The van der Waals surface area contributed by atoms with Gasteiger partial charge in [0.1, 0.15) is 22.6 Å². The van der Waals surface area contributed by atoms with Crippen molar-refractivity contribution in [1.82, 2.24) is 39.9 Å². The number of benzene rings is 8. The van der Waals surface area contributed by atoms with E-state index in [0.717, 1.165) is 72.8 Å². The fourth-order valence-electron chi connectivity index (χ4n) is 11.1. The molecule has 8 nitrogen and oxygen atoms in total. The molecular weight excluding hydrogens is 1250 g/mol. The third-order valence-corrected chi connectivity index (χ3v) is 15.2. The average Bonchev–Trinajstić information content (AvgIpc) is 1.58. The molecule has 2 aliphatic heterocycles. The predicted octanol–water partition coefficient (Wildman–Crippen LogP) is 19.7. The Hall–Kier alpha value is -10.7. The Kier molecular flexibility index (Phi) is 14.1. The molecule has 92 heavy (non-hydrogen) atoms. The van der Waals surface area contributed by atoms with Crippen LogP contribution in [0.3, 0.4) is 0 Å². The number of hydrogen-bond acceptors (Lipinski definition) is 6. The Labute approximate surface area is 504 Å². The molecule has 3 aromatic heterocycles. The van der Waals surface area contributed by atoms with Crippen LogP contribution in [0, 0.1) is 0 Å². The number of H-pyrrole nitrogens is 2. The van der Waals surface area contributed by atoms with Crippen LogP contribution in [0.4, 0.5) is 79.0 Å². The summed E-state index contributed by atoms with van der Waals surface area (Å²) in [7, 11) is 0. The lowest BCUT2D eigenvalue weighted by atomic mass is 9.93. The van der Waals surface area contributed by atoms with Gasteiger partial charge in [-0.2, -0.15) is 79.0 Å². The first-order valence-electron chi connectivity index (χ1n) is 27.0. The SMILES string of the molecule is FC(F)(F)c1cccc(C2=C(c3cccc(C(F)(F)F)c3)c3nc2nc2[nH]c(nc4nc(nc5[nH]c(n3)c3cc6ccccc6cc53)C(c3cccc(C(F)(F)F)c3)=C4c3cccc(C(F)(F)F)c3)c(-c3cccc(C(F)(F)F)c3)c2-c2cccc(C(F)(F)F)c2)c1. The number of aromatic amines is 2. The second-order valence-electron chi connectivity index (χ2n) is 21.1. The molecule has 2 N–H and O–H groups in total. The van der Waals surface area contributed by atoms with E-state index in [0.29, 0.717) is 83.6 Å². The van der Waals surface area contributed by atoms with Crippen molar-refractivity contribution in [2.24, 2.45) is 0 Å². The lowest BCUT2D eigenvalue weighted by molar-refractivity contribution is -0.138. The van der Waals surface area contributed by atoms with E-state index in [9.17, 15) is 79.0 Å². The van der Waals surface area contributed by atoms with Crippen molar-refractivity contribution in [1.29, 1.82) is 0 Å². The Bertz CT molecular complexity index is 4790.